The van der Waals surface area contributed by atoms with Crippen LogP contribution in [0.4, 0.5) is 0 Å². The van der Waals surface area contributed by atoms with Gasteiger partial charge >= 0.3 is 5.97 Å². The van der Waals surface area contributed by atoms with Gasteiger partial charge in [-0.2, -0.15) is 5.48 Å². The highest BCUT2D eigenvalue weighted by atomic mass is 16.7. The number of unbranched alkanes of at least 4 members (excludes halogenated alkanes) is 12. The lowest BCUT2D eigenvalue weighted by atomic mass is 10.1. The second kappa shape index (κ2) is 21.8. The quantitative estimate of drug-likeness (QED) is 0.0954. The van der Waals surface area contributed by atoms with Gasteiger partial charge in [0.15, 0.2) is 0 Å². The first-order valence-electron chi connectivity index (χ1n) is 11.6. The molecule has 0 heterocycles. The average molecular weight is 396 g/mol. The number of rotatable bonds is 18. The predicted molar refractivity (Wildman–Crippen MR) is 120 cm³/mol. The van der Waals surface area contributed by atoms with Crippen LogP contribution in [0, 0.1) is 0 Å². The Morgan fingerprint density at radius 3 is 1.96 bits per heavy atom. The Bertz CT molecular complexity index is 409. The molecule has 0 fully saturated rings. The van der Waals surface area contributed by atoms with Crippen molar-refractivity contribution in [3.05, 3.63) is 12.2 Å². The molecule has 0 aliphatic heterocycles. The van der Waals surface area contributed by atoms with Crippen LogP contribution in [0.15, 0.2) is 17.1 Å². The van der Waals surface area contributed by atoms with Crippen molar-refractivity contribution in [1.29, 1.82) is 0 Å². The number of nitrogens with two attached hydrogens (primary N) is 1. The molecule has 0 aromatic carbocycles. The lowest BCUT2D eigenvalue weighted by molar-refractivity contribution is -0.148. The van der Waals surface area contributed by atoms with Gasteiger partial charge in [0.25, 0.3) is 0 Å². The monoisotopic (exact) mass is 395 g/mol. The number of hydrogen-bond acceptors (Lipinski definition) is 3. The minimum absolute atomic E-state index is 0.173. The molecule has 0 amide bonds. The fourth-order valence-electron chi connectivity index (χ4n) is 2.89. The summed E-state index contributed by atoms with van der Waals surface area (Å²) < 4.78 is 0. The number of nitrogens with zero attached hydrogens (tertiary/aromatic N) is 1. The highest BCUT2D eigenvalue weighted by Crippen LogP contribution is 2.10. The Labute approximate surface area is 173 Å². The fourth-order valence-corrected chi connectivity index (χ4v) is 2.89. The van der Waals surface area contributed by atoms with Gasteiger partial charge in [-0.05, 0) is 38.5 Å². The van der Waals surface area contributed by atoms with E-state index in [9.17, 15) is 4.79 Å². The summed E-state index contributed by atoms with van der Waals surface area (Å²) in [6, 6.07) is 0. The van der Waals surface area contributed by atoms with Gasteiger partial charge in [-0.15, -0.1) is 0 Å². The Balaban J connectivity index is 3.35. The third-order valence-electron chi connectivity index (χ3n) is 4.71. The summed E-state index contributed by atoms with van der Waals surface area (Å²) in [6.07, 6.45) is 23.3. The van der Waals surface area contributed by atoms with Crippen LogP contribution >= 0.6 is 0 Å². The van der Waals surface area contributed by atoms with E-state index < -0.39 is 0 Å². The van der Waals surface area contributed by atoms with Crippen LogP contribution < -0.4 is 11.2 Å². The number of hydroxylamine groups is 1. The highest BCUT2D eigenvalue weighted by Gasteiger charge is 2.03. The van der Waals surface area contributed by atoms with E-state index in [1.807, 2.05) is 0 Å². The van der Waals surface area contributed by atoms with Gasteiger partial charge in [-0.3, -0.25) is 4.99 Å². The molecule has 0 aliphatic rings. The molecule has 0 unspecified atom stereocenters. The van der Waals surface area contributed by atoms with Gasteiger partial charge in [-0.25, -0.2) is 4.79 Å². The second-order valence-corrected chi connectivity index (χ2v) is 7.53. The predicted octanol–water partition coefficient (Wildman–Crippen LogP) is 6.19. The summed E-state index contributed by atoms with van der Waals surface area (Å²) in [6.45, 7) is 5.01. The van der Waals surface area contributed by atoms with Gasteiger partial charge < -0.3 is 10.6 Å². The summed E-state index contributed by atoms with van der Waals surface area (Å²) in [5.41, 5.74) is 8.02. The maximum atomic E-state index is 11.6. The number of hydrogen-bond donors (Lipinski definition) is 2. The summed E-state index contributed by atoms with van der Waals surface area (Å²) in [5, 5.41) is 0. The molecule has 0 saturated carbocycles. The molecular weight excluding hydrogens is 350 g/mol. The van der Waals surface area contributed by atoms with Crippen LogP contribution in [0.25, 0.3) is 0 Å². The number of allylic oxidation sites excluding steroid dienone is 2. The first-order chi connectivity index (χ1) is 13.7. The maximum absolute atomic E-state index is 11.6. The minimum atomic E-state index is -0.272. The van der Waals surface area contributed by atoms with E-state index in [1.165, 1.54) is 70.6 Å². The molecule has 0 bridgehead atoms. The van der Waals surface area contributed by atoms with Crippen molar-refractivity contribution in [2.45, 2.75) is 117 Å². The third kappa shape index (κ3) is 20.8. The summed E-state index contributed by atoms with van der Waals surface area (Å²) in [4.78, 5) is 20.6. The number of carbonyl (C=O) groups is 1. The van der Waals surface area contributed by atoms with E-state index in [1.54, 1.807) is 0 Å². The molecule has 3 N–H and O–H groups in total. The van der Waals surface area contributed by atoms with E-state index in [-0.39, 0.29) is 11.9 Å². The lowest BCUT2D eigenvalue weighted by Crippen LogP contribution is -2.34. The van der Waals surface area contributed by atoms with E-state index >= 15 is 0 Å². The van der Waals surface area contributed by atoms with Gasteiger partial charge in [0, 0.05) is 13.0 Å². The zero-order valence-electron chi connectivity index (χ0n) is 18.5. The third-order valence-corrected chi connectivity index (χ3v) is 4.71. The number of aliphatic imine (C=N–C) groups is 1. The van der Waals surface area contributed by atoms with E-state index in [0.29, 0.717) is 13.0 Å². The summed E-state index contributed by atoms with van der Waals surface area (Å²) >= 11 is 0. The van der Waals surface area contributed by atoms with E-state index in [0.717, 1.165) is 25.7 Å². The first-order valence-corrected chi connectivity index (χ1v) is 11.6. The minimum Gasteiger partial charge on any atom is -0.368 e. The standard InChI is InChI=1S/C23H45N3O2/c1-3-5-7-8-9-10-11-12-13-14-15-16-17-18-19-20-22(27)28-26-23(24)25-21-6-4-2/h12-13H,3-11,14-21H2,1-2H3,(H3,24,25,26)/b13-12-. The van der Waals surface area contributed by atoms with Crippen molar-refractivity contribution in [3.8, 4) is 0 Å². The van der Waals surface area contributed by atoms with E-state index in [2.05, 4.69) is 36.5 Å². The molecule has 5 heteroatoms. The molecule has 164 valence electrons. The van der Waals surface area contributed by atoms with Gasteiger partial charge in [0.2, 0.25) is 5.96 Å². The van der Waals surface area contributed by atoms with Crippen molar-refractivity contribution in [2.75, 3.05) is 6.54 Å². The lowest BCUT2D eigenvalue weighted by Gasteiger charge is -2.06. The molecule has 0 atom stereocenters. The summed E-state index contributed by atoms with van der Waals surface area (Å²) in [7, 11) is 0. The fraction of sp³-hybridized carbons (Fsp3) is 0.826. The Hall–Kier alpha value is -1.52. The first kappa shape index (κ1) is 26.5. The normalized spacial score (nSPS) is 11.9. The van der Waals surface area contributed by atoms with Crippen LogP contribution in [-0.4, -0.2) is 18.5 Å². The molecule has 0 radical (unpaired) electrons. The SMILES string of the molecule is CCCCCCCC/C=C\CCCCCCCC(=O)ONC(N)=NCCCC. The van der Waals surface area contributed by atoms with Crippen molar-refractivity contribution >= 4 is 11.9 Å². The molecule has 0 aliphatic carbocycles. The van der Waals surface area contributed by atoms with Gasteiger partial charge in [0.05, 0.1) is 0 Å². The molecule has 0 saturated heterocycles. The zero-order valence-corrected chi connectivity index (χ0v) is 18.5. The number of carbonyl (C=O) groups excluding carboxylic acids is 1. The van der Waals surface area contributed by atoms with Crippen LogP contribution in [0.5, 0.6) is 0 Å². The average Bonchev–Trinajstić information content (AvgIpc) is 2.69. The van der Waals surface area contributed by atoms with Gasteiger partial charge in [0.1, 0.15) is 0 Å². The van der Waals surface area contributed by atoms with Gasteiger partial charge in [-0.1, -0.05) is 83.8 Å². The Morgan fingerprint density at radius 1 is 0.821 bits per heavy atom. The molecule has 5 nitrogen and oxygen atoms in total. The molecule has 0 spiro atoms. The van der Waals surface area contributed by atoms with Crippen molar-refractivity contribution in [1.82, 2.24) is 5.48 Å². The number of guanidine groups is 1. The Kier molecular flexibility index (Phi) is 20.6. The molecule has 0 rings (SSSR count). The zero-order chi connectivity index (χ0) is 20.7. The van der Waals surface area contributed by atoms with Crippen molar-refractivity contribution < 1.29 is 9.63 Å². The molecule has 28 heavy (non-hydrogen) atoms. The smallest absolute Gasteiger partial charge is 0.332 e. The summed E-state index contributed by atoms with van der Waals surface area (Å²) in [5.74, 6) is -0.0994. The van der Waals surface area contributed by atoms with E-state index in [4.69, 9.17) is 10.6 Å². The second-order valence-electron chi connectivity index (χ2n) is 7.53. The van der Waals surface area contributed by atoms with Crippen molar-refractivity contribution in [2.24, 2.45) is 10.7 Å². The van der Waals surface area contributed by atoms with Crippen molar-refractivity contribution in [3.63, 3.8) is 0 Å². The van der Waals surface area contributed by atoms with Crippen LogP contribution in [0.3, 0.4) is 0 Å². The molecule has 0 aromatic rings. The van der Waals surface area contributed by atoms with Crippen LogP contribution in [0.1, 0.15) is 117 Å². The largest absolute Gasteiger partial charge is 0.368 e. The maximum Gasteiger partial charge on any atom is 0.332 e. The molecule has 0 aromatic heterocycles. The highest BCUT2D eigenvalue weighted by molar-refractivity contribution is 5.79. The topological polar surface area (TPSA) is 76.7 Å². The molecular formula is C23H45N3O2. The van der Waals surface area contributed by atoms with Crippen LogP contribution in [0.2, 0.25) is 0 Å². The number of nitrogens with one attached hydrogen (secondary N) is 1. The van der Waals surface area contributed by atoms with Crippen LogP contribution in [-0.2, 0) is 9.63 Å². The Morgan fingerprint density at radius 2 is 1.36 bits per heavy atom.